The molecular weight excluding hydrogens is 352 g/mol. The SMILES string of the molecule is O=C1Nc2ccccc2CC1CCC(=O)N(C1CC1)C1CCS(=O)(=O)C1. The summed E-state index contributed by atoms with van der Waals surface area (Å²) in [6.07, 6.45) is 3.91. The van der Waals surface area contributed by atoms with Crippen molar-refractivity contribution in [1.29, 1.82) is 0 Å². The van der Waals surface area contributed by atoms with Crippen LogP contribution in [0.15, 0.2) is 24.3 Å². The second-order valence-electron chi connectivity index (χ2n) is 7.68. The molecule has 140 valence electrons. The first-order chi connectivity index (χ1) is 12.4. The van der Waals surface area contributed by atoms with Crippen molar-refractivity contribution in [2.24, 2.45) is 5.92 Å². The van der Waals surface area contributed by atoms with Crippen molar-refractivity contribution in [1.82, 2.24) is 4.90 Å². The minimum Gasteiger partial charge on any atom is -0.336 e. The number of nitrogens with zero attached hydrogens (tertiary/aromatic N) is 1. The molecule has 0 aromatic heterocycles. The number of benzene rings is 1. The Morgan fingerprint density at radius 1 is 1.15 bits per heavy atom. The summed E-state index contributed by atoms with van der Waals surface area (Å²) in [4.78, 5) is 26.9. The molecule has 1 saturated heterocycles. The molecule has 0 radical (unpaired) electrons. The zero-order valence-electron chi connectivity index (χ0n) is 14.7. The van der Waals surface area contributed by atoms with Gasteiger partial charge < -0.3 is 10.2 Å². The van der Waals surface area contributed by atoms with Crippen molar-refractivity contribution >= 4 is 27.3 Å². The molecule has 1 aromatic rings. The van der Waals surface area contributed by atoms with Crippen LogP contribution >= 0.6 is 0 Å². The smallest absolute Gasteiger partial charge is 0.227 e. The maximum atomic E-state index is 12.8. The molecule has 3 aliphatic rings. The number of hydrogen-bond acceptors (Lipinski definition) is 4. The van der Waals surface area contributed by atoms with E-state index in [0.29, 0.717) is 25.7 Å². The summed E-state index contributed by atoms with van der Waals surface area (Å²) in [5.74, 6) is 0.0316. The highest BCUT2D eigenvalue weighted by Crippen LogP contribution is 2.34. The van der Waals surface area contributed by atoms with Gasteiger partial charge in [-0.25, -0.2) is 8.42 Å². The number of carbonyl (C=O) groups excluding carboxylic acids is 2. The van der Waals surface area contributed by atoms with Crippen LogP contribution in [0.25, 0.3) is 0 Å². The lowest BCUT2D eigenvalue weighted by Gasteiger charge is -2.30. The van der Waals surface area contributed by atoms with Crippen LogP contribution < -0.4 is 5.32 Å². The largest absolute Gasteiger partial charge is 0.336 e. The number of anilines is 1. The van der Waals surface area contributed by atoms with E-state index in [1.807, 2.05) is 29.2 Å². The van der Waals surface area contributed by atoms with Gasteiger partial charge in [-0.2, -0.15) is 0 Å². The summed E-state index contributed by atoms with van der Waals surface area (Å²) in [6.45, 7) is 0. The Hall–Kier alpha value is -1.89. The predicted molar refractivity (Wildman–Crippen MR) is 98.4 cm³/mol. The van der Waals surface area contributed by atoms with Crippen LogP contribution in [-0.4, -0.2) is 48.7 Å². The highest BCUT2D eigenvalue weighted by Gasteiger charge is 2.42. The quantitative estimate of drug-likeness (QED) is 0.849. The second kappa shape index (κ2) is 6.68. The summed E-state index contributed by atoms with van der Waals surface area (Å²) in [5, 5.41) is 2.92. The van der Waals surface area contributed by atoms with Crippen LogP contribution in [0.5, 0.6) is 0 Å². The zero-order valence-corrected chi connectivity index (χ0v) is 15.5. The molecule has 1 N–H and O–H groups in total. The molecule has 2 fully saturated rings. The molecule has 0 spiro atoms. The third kappa shape index (κ3) is 3.63. The Kier molecular flexibility index (Phi) is 4.50. The van der Waals surface area contributed by atoms with E-state index in [-0.39, 0.29) is 41.3 Å². The van der Waals surface area contributed by atoms with Gasteiger partial charge in [-0.1, -0.05) is 18.2 Å². The predicted octanol–water partition coefficient (Wildman–Crippen LogP) is 1.76. The first kappa shape index (κ1) is 17.5. The summed E-state index contributed by atoms with van der Waals surface area (Å²) in [6, 6.07) is 7.76. The van der Waals surface area contributed by atoms with E-state index in [9.17, 15) is 18.0 Å². The monoisotopic (exact) mass is 376 g/mol. The molecule has 1 aliphatic carbocycles. The Morgan fingerprint density at radius 2 is 1.92 bits per heavy atom. The lowest BCUT2D eigenvalue weighted by atomic mass is 9.89. The van der Waals surface area contributed by atoms with Crippen LogP contribution in [0.1, 0.15) is 37.7 Å². The molecule has 4 rings (SSSR count). The highest BCUT2D eigenvalue weighted by atomic mass is 32.2. The van der Waals surface area contributed by atoms with Gasteiger partial charge in [0.25, 0.3) is 0 Å². The van der Waals surface area contributed by atoms with Crippen molar-refractivity contribution in [2.75, 3.05) is 16.8 Å². The Balaban J connectivity index is 1.39. The fourth-order valence-corrected chi connectivity index (χ4v) is 5.84. The van der Waals surface area contributed by atoms with Gasteiger partial charge in [-0.15, -0.1) is 0 Å². The van der Waals surface area contributed by atoms with Gasteiger partial charge in [-0.3, -0.25) is 9.59 Å². The van der Waals surface area contributed by atoms with Crippen molar-refractivity contribution in [3.8, 4) is 0 Å². The van der Waals surface area contributed by atoms with Gasteiger partial charge in [-0.05, 0) is 43.7 Å². The number of para-hydroxylation sites is 1. The fraction of sp³-hybridized carbons (Fsp3) is 0.579. The van der Waals surface area contributed by atoms with Gasteiger partial charge in [0.15, 0.2) is 9.84 Å². The number of rotatable bonds is 5. The van der Waals surface area contributed by atoms with Crippen molar-refractivity contribution in [3.05, 3.63) is 29.8 Å². The molecule has 2 amide bonds. The summed E-state index contributed by atoms with van der Waals surface area (Å²) >= 11 is 0. The van der Waals surface area contributed by atoms with E-state index in [4.69, 9.17) is 0 Å². The van der Waals surface area contributed by atoms with Gasteiger partial charge in [0.1, 0.15) is 0 Å². The Morgan fingerprint density at radius 3 is 2.62 bits per heavy atom. The molecular formula is C19H24N2O4S. The van der Waals surface area contributed by atoms with E-state index in [2.05, 4.69) is 5.32 Å². The number of sulfone groups is 1. The Bertz CT molecular complexity index is 832. The number of hydrogen-bond donors (Lipinski definition) is 1. The Labute approximate surface area is 153 Å². The van der Waals surface area contributed by atoms with Gasteiger partial charge >= 0.3 is 0 Å². The average molecular weight is 376 g/mol. The summed E-state index contributed by atoms with van der Waals surface area (Å²) in [5.41, 5.74) is 1.96. The normalized spacial score (nSPS) is 26.8. The minimum absolute atomic E-state index is 0.00117. The lowest BCUT2D eigenvalue weighted by molar-refractivity contribution is -0.134. The standard InChI is InChI=1S/C19H24N2O4S/c22-18(21(15-6-7-15)16-9-10-26(24,25)12-16)8-5-14-11-13-3-1-2-4-17(13)20-19(14)23/h1-4,14-16H,5-12H2,(H,20,23). The van der Waals surface area contributed by atoms with Crippen LogP contribution in [0.2, 0.25) is 0 Å². The first-order valence-corrected chi connectivity index (χ1v) is 11.2. The highest BCUT2D eigenvalue weighted by molar-refractivity contribution is 7.91. The molecule has 2 unspecified atom stereocenters. The molecule has 2 atom stereocenters. The molecule has 2 heterocycles. The maximum Gasteiger partial charge on any atom is 0.227 e. The number of nitrogens with one attached hydrogen (secondary N) is 1. The van der Waals surface area contributed by atoms with Crippen molar-refractivity contribution in [2.45, 2.75) is 50.6 Å². The zero-order chi connectivity index (χ0) is 18.3. The summed E-state index contributed by atoms with van der Waals surface area (Å²) < 4.78 is 23.6. The first-order valence-electron chi connectivity index (χ1n) is 9.33. The number of fused-ring (bicyclic) bond motifs is 1. The molecule has 1 aromatic carbocycles. The van der Waals surface area contributed by atoms with E-state index in [0.717, 1.165) is 24.1 Å². The molecule has 1 saturated carbocycles. The molecule has 26 heavy (non-hydrogen) atoms. The fourth-order valence-electron chi connectivity index (χ4n) is 4.13. The minimum atomic E-state index is -3.02. The van der Waals surface area contributed by atoms with Crippen molar-refractivity contribution < 1.29 is 18.0 Å². The van der Waals surface area contributed by atoms with Crippen LogP contribution in [-0.2, 0) is 25.8 Å². The number of carbonyl (C=O) groups is 2. The number of amides is 2. The second-order valence-corrected chi connectivity index (χ2v) is 9.90. The summed E-state index contributed by atoms with van der Waals surface area (Å²) in [7, 11) is -3.02. The van der Waals surface area contributed by atoms with E-state index in [1.165, 1.54) is 0 Å². The van der Waals surface area contributed by atoms with Gasteiger partial charge in [0, 0.05) is 30.1 Å². The van der Waals surface area contributed by atoms with Crippen LogP contribution in [0.3, 0.4) is 0 Å². The topological polar surface area (TPSA) is 83.6 Å². The van der Waals surface area contributed by atoms with Gasteiger partial charge in [0.2, 0.25) is 11.8 Å². The van der Waals surface area contributed by atoms with Crippen molar-refractivity contribution in [3.63, 3.8) is 0 Å². The lowest BCUT2D eigenvalue weighted by Crippen LogP contribution is -2.43. The molecule has 2 aliphatic heterocycles. The van der Waals surface area contributed by atoms with E-state index >= 15 is 0 Å². The average Bonchev–Trinajstić information content (AvgIpc) is 3.36. The molecule has 7 heteroatoms. The van der Waals surface area contributed by atoms with Crippen LogP contribution in [0.4, 0.5) is 5.69 Å². The van der Waals surface area contributed by atoms with Gasteiger partial charge in [0.05, 0.1) is 11.5 Å². The van der Waals surface area contributed by atoms with E-state index < -0.39 is 9.84 Å². The third-order valence-corrected chi connectivity index (χ3v) is 7.40. The van der Waals surface area contributed by atoms with E-state index in [1.54, 1.807) is 0 Å². The van der Waals surface area contributed by atoms with Crippen LogP contribution in [0, 0.1) is 5.92 Å². The third-order valence-electron chi connectivity index (χ3n) is 5.65. The molecule has 6 nitrogen and oxygen atoms in total. The molecule has 0 bridgehead atoms. The maximum absolute atomic E-state index is 12.8.